The van der Waals surface area contributed by atoms with Crippen LogP contribution in [0.15, 0.2) is 52.2 Å². The molecule has 0 bridgehead atoms. The lowest BCUT2D eigenvalue weighted by Gasteiger charge is -2.03. The predicted molar refractivity (Wildman–Crippen MR) is 94.4 cm³/mol. The SMILES string of the molecule is COc1ccc(-c2nc(Cn3c(O)c(N=O)c4cc(F)ccc43)no2)cc1. The Bertz CT molecular complexity index is 1130. The minimum absolute atomic E-state index is 0.0170. The number of benzene rings is 2. The van der Waals surface area contributed by atoms with Gasteiger partial charge in [-0.25, -0.2) is 4.39 Å². The van der Waals surface area contributed by atoms with Crippen molar-refractivity contribution in [3.8, 4) is 23.1 Å². The van der Waals surface area contributed by atoms with Gasteiger partial charge in [0.2, 0.25) is 5.88 Å². The lowest BCUT2D eigenvalue weighted by Crippen LogP contribution is -2.00. The number of fused-ring (bicyclic) bond motifs is 1. The Balaban J connectivity index is 1.70. The Hall–Kier alpha value is -3.75. The van der Waals surface area contributed by atoms with E-state index in [2.05, 4.69) is 15.3 Å². The van der Waals surface area contributed by atoms with Crippen LogP contribution in [0.4, 0.5) is 10.1 Å². The number of methoxy groups -OCH3 is 1. The molecule has 0 amide bonds. The summed E-state index contributed by atoms with van der Waals surface area (Å²) in [4.78, 5) is 15.4. The topological polar surface area (TPSA) is 103 Å². The molecule has 0 spiro atoms. The highest BCUT2D eigenvalue weighted by atomic mass is 19.1. The van der Waals surface area contributed by atoms with E-state index in [4.69, 9.17) is 9.26 Å². The van der Waals surface area contributed by atoms with Gasteiger partial charge in [-0.2, -0.15) is 4.98 Å². The van der Waals surface area contributed by atoms with Crippen LogP contribution in [0.2, 0.25) is 0 Å². The number of ether oxygens (including phenoxy) is 1. The molecule has 0 unspecified atom stereocenters. The third-order valence-corrected chi connectivity index (χ3v) is 4.17. The molecule has 27 heavy (non-hydrogen) atoms. The Morgan fingerprint density at radius 2 is 2.04 bits per heavy atom. The van der Waals surface area contributed by atoms with Crippen molar-refractivity contribution in [1.82, 2.24) is 14.7 Å². The van der Waals surface area contributed by atoms with E-state index in [1.165, 1.54) is 16.7 Å². The summed E-state index contributed by atoms with van der Waals surface area (Å²) >= 11 is 0. The Labute approximate surface area is 151 Å². The van der Waals surface area contributed by atoms with Gasteiger partial charge in [0.25, 0.3) is 5.89 Å². The molecular formula is C18H13FN4O4. The molecule has 9 heteroatoms. The van der Waals surface area contributed by atoms with Crippen LogP contribution < -0.4 is 4.74 Å². The summed E-state index contributed by atoms with van der Waals surface area (Å²) in [5.74, 6) is 0.342. The van der Waals surface area contributed by atoms with E-state index in [0.717, 1.165) is 6.07 Å². The molecule has 136 valence electrons. The van der Waals surface area contributed by atoms with Crippen LogP contribution in [0.5, 0.6) is 11.6 Å². The lowest BCUT2D eigenvalue weighted by atomic mass is 10.2. The van der Waals surface area contributed by atoms with E-state index in [1.54, 1.807) is 31.4 Å². The number of aromatic nitrogens is 3. The first-order chi connectivity index (χ1) is 13.1. The molecule has 0 aliphatic carbocycles. The van der Waals surface area contributed by atoms with Gasteiger partial charge < -0.3 is 18.9 Å². The van der Waals surface area contributed by atoms with Crippen molar-refractivity contribution in [3.05, 3.63) is 59.0 Å². The fourth-order valence-corrected chi connectivity index (χ4v) is 2.86. The maximum atomic E-state index is 13.5. The minimum Gasteiger partial charge on any atom is -0.497 e. The normalized spacial score (nSPS) is 11.0. The second-order valence-electron chi connectivity index (χ2n) is 5.76. The van der Waals surface area contributed by atoms with Gasteiger partial charge in [0.1, 0.15) is 11.6 Å². The van der Waals surface area contributed by atoms with Crippen LogP contribution >= 0.6 is 0 Å². The van der Waals surface area contributed by atoms with Gasteiger partial charge in [0.15, 0.2) is 11.5 Å². The summed E-state index contributed by atoms with van der Waals surface area (Å²) in [6.07, 6.45) is 0. The fraction of sp³-hybridized carbons (Fsp3) is 0.111. The Morgan fingerprint density at radius 1 is 1.26 bits per heavy atom. The molecule has 2 aromatic carbocycles. The van der Waals surface area contributed by atoms with Crippen molar-refractivity contribution < 1.29 is 18.8 Å². The second-order valence-corrected chi connectivity index (χ2v) is 5.76. The number of aromatic hydroxyl groups is 1. The molecule has 0 saturated carbocycles. The average molecular weight is 368 g/mol. The van der Waals surface area contributed by atoms with Crippen LogP contribution in [-0.4, -0.2) is 26.9 Å². The zero-order valence-corrected chi connectivity index (χ0v) is 14.1. The van der Waals surface area contributed by atoms with Gasteiger partial charge in [-0.3, -0.25) is 0 Å². The second kappa shape index (κ2) is 6.52. The largest absolute Gasteiger partial charge is 0.497 e. The molecule has 0 atom stereocenters. The first-order valence-corrected chi connectivity index (χ1v) is 7.92. The van der Waals surface area contributed by atoms with Crippen molar-refractivity contribution >= 4 is 16.6 Å². The summed E-state index contributed by atoms with van der Waals surface area (Å²) in [5, 5.41) is 17.2. The number of nitrogens with zero attached hydrogens (tertiary/aromatic N) is 4. The van der Waals surface area contributed by atoms with Crippen LogP contribution in [0, 0.1) is 10.7 Å². The third kappa shape index (κ3) is 2.88. The van der Waals surface area contributed by atoms with Gasteiger partial charge >= 0.3 is 0 Å². The first kappa shape index (κ1) is 16.7. The predicted octanol–water partition coefficient (Wildman–Crippen LogP) is 3.99. The Morgan fingerprint density at radius 3 is 2.74 bits per heavy atom. The molecule has 0 saturated heterocycles. The maximum absolute atomic E-state index is 13.5. The van der Waals surface area contributed by atoms with Crippen molar-refractivity contribution in [2.45, 2.75) is 6.54 Å². The Kier molecular flexibility index (Phi) is 4.03. The molecule has 0 aliphatic rings. The van der Waals surface area contributed by atoms with E-state index >= 15 is 0 Å². The number of hydrogen-bond acceptors (Lipinski definition) is 7. The smallest absolute Gasteiger partial charge is 0.257 e. The van der Waals surface area contributed by atoms with Gasteiger partial charge in [0.05, 0.1) is 19.2 Å². The standard InChI is InChI=1S/C18H13FN4O4/c1-26-12-5-2-10(3-6-12)17-20-15(22-27-17)9-23-14-7-4-11(19)8-13(14)16(21-25)18(23)24/h2-8,24H,9H2,1H3. The molecule has 2 heterocycles. The summed E-state index contributed by atoms with van der Waals surface area (Å²) in [7, 11) is 1.57. The molecular weight excluding hydrogens is 355 g/mol. The highest BCUT2D eigenvalue weighted by molar-refractivity contribution is 5.95. The monoisotopic (exact) mass is 368 g/mol. The van der Waals surface area contributed by atoms with E-state index in [-0.39, 0.29) is 29.3 Å². The van der Waals surface area contributed by atoms with E-state index in [9.17, 15) is 14.4 Å². The number of rotatable bonds is 5. The lowest BCUT2D eigenvalue weighted by molar-refractivity contribution is 0.408. The highest BCUT2D eigenvalue weighted by Gasteiger charge is 2.20. The van der Waals surface area contributed by atoms with Gasteiger partial charge in [-0.1, -0.05) is 5.16 Å². The molecule has 2 aromatic heterocycles. The minimum atomic E-state index is -0.536. The molecule has 8 nitrogen and oxygen atoms in total. The van der Waals surface area contributed by atoms with Crippen LogP contribution in [0.1, 0.15) is 5.82 Å². The van der Waals surface area contributed by atoms with Crippen LogP contribution in [-0.2, 0) is 6.54 Å². The van der Waals surface area contributed by atoms with E-state index in [0.29, 0.717) is 22.7 Å². The highest BCUT2D eigenvalue weighted by Crippen LogP contribution is 2.39. The zero-order valence-electron chi connectivity index (χ0n) is 14.1. The van der Waals surface area contributed by atoms with Crippen molar-refractivity contribution in [3.63, 3.8) is 0 Å². The van der Waals surface area contributed by atoms with E-state index in [1.807, 2.05) is 0 Å². The van der Waals surface area contributed by atoms with Gasteiger partial charge in [0, 0.05) is 10.9 Å². The molecule has 4 rings (SSSR count). The molecule has 4 aromatic rings. The van der Waals surface area contributed by atoms with Gasteiger partial charge in [-0.15, -0.1) is 4.91 Å². The quantitative estimate of drug-likeness (QED) is 0.534. The summed E-state index contributed by atoms with van der Waals surface area (Å²) in [6, 6.07) is 10.9. The van der Waals surface area contributed by atoms with Gasteiger partial charge in [-0.05, 0) is 47.6 Å². The third-order valence-electron chi connectivity index (χ3n) is 4.17. The van der Waals surface area contributed by atoms with Crippen molar-refractivity contribution in [2.75, 3.05) is 7.11 Å². The average Bonchev–Trinajstić information content (AvgIpc) is 3.25. The summed E-state index contributed by atoms with van der Waals surface area (Å²) in [5.41, 5.74) is 0.899. The van der Waals surface area contributed by atoms with Crippen molar-refractivity contribution in [2.24, 2.45) is 5.18 Å². The number of nitroso groups, excluding NO2 is 1. The summed E-state index contributed by atoms with van der Waals surface area (Å²) < 4.78 is 25.2. The zero-order chi connectivity index (χ0) is 19.0. The molecule has 0 radical (unpaired) electrons. The number of hydrogen-bond donors (Lipinski definition) is 1. The van der Waals surface area contributed by atoms with Crippen molar-refractivity contribution in [1.29, 1.82) is 0 Å². The van der Waals surface area contributed by atoms with E-state index < -0.39 is 5.82 Å². The van der Waals surface area contributed by atoms with Crippen LogP contribution in [0.25, 0.3) is 22.4 Å². The number of halogens is 1. The first-order valence-electron chi connectivity index (χ1n) is 7.92. The molecule has 0 fully saturated rings. The van der Waals surface area contributed by atoms with Crippen LogP contribution in [0.3, 0.4) is 0 Å². The summed E-state index contributed by atoms with van der Waals surface area (Å²) in [6.45, 7) is 0.0170. The fourth-order valence-electron chi connectivity index (χ4n) is 2.86. The maximum Gasteiger partial charge on any atom is 0.257 e. The molecule has 1 N–H and O–H groups in total. The molecule has 0 aliphatic heterocycles.